The number of hydrogen-bond acceptors (Lipinski definition) is 10. The van der Waals surface area contributed by atoms with Crippen LogP contribution < -0.4 is 9.47 Å². The summed E-state index contributed by atoms with van der Waals surface area (Å²) < 4.78 is 135. The van der Waals surface area contributed by atoms with E-state index in [9.17, 15) is 26.3 Å². The molecule has 610 valence electrons. The predicted octanol–water partition coefficient (Wildman–Crippen LogP) is 19.7. The summed E-state index contributed by atoms with van der Waals surface area (Å²) in [4.78, 5) is 0. The van der Waals surface area contributed by atoms with E-state index in [0.29, 0.717) is 96.5 Å². The largest absolute Gasteiger partial charge is 0.496 e. The first-order chi connectivity index (χ1) is 55.4. The fourth-order valence-corrected chi connectivity index (χ4v) is 32.1. The maximum atomic E-state index is 12.9. The van der Waals surface area contributed by atoms with Gasteiger partial charge >= 0.3 is 12.4 Å². The van der Waals surface area contributed by atoms with Crippen molar-refractivity contribution in [3.05, 3.63) is 189 Å². The Labute approximate surface area is 673 Å². The van der Waals surface area contributed by atoms with Gasteiger partial charge < -0.3 is 47.4 Å². The van der Waals surface area contributed by atoms with Gasteiger partial charge in [0.25, 0.3) is 0 Å². The van der Waals surface area contributed by atoms with E-state index in [2.05, 4.69) is 118 Å². The molecule has 0 radical (unpaired) electrons. The summed E-state index contributed by atoms with van der Waals surface area (Å²) in [5.41, 5.74) is 8.71. The fourth-order valence-electron chi connectivity index (χ4n) is 32.1. The molecule has 5 saturated heterocycles. The molecule has 16 aliphatic heterocycles. The zero-order valence-electron chi connectivity index (χ0n) is 65.8. The minimum atomic E-state index is -4.92. The van der Waals surface area contributed by atoms with Gasteiger partial charge in [-0.1, -0.05) is 150 Å². The molecule has 0 spiro atoms. The molecule has 0 amide bonds. The molecule has 1 aromatic rings. The Hall–Kier alpha value is -5.56. The predicted molar refractivity (Wildman–Crippen MR) is 422 cm³/mol. The van der Waals surface area contributed by atoms with Gasteiger partial charge in [0, 0.05) is 45.9 Å². The number of fused-ring (bicyclic) bond motifs is 53. The van der Waals surface area contributed by atoms with Crippen molar-refractivity contribution in [3.8, 4) is 11.5 Å². The molecule has 13 fully saturated rings. The number of allylic oxidation sites excluding steroid dienone is 12. The third kappa shape index (κ3) is 10.6. The van der Waals surface area contributed by atoms with E-state index in [4.69, 9.17) is 47.4 Å². The molecule has 33 aliphatic rings. The maximum Gasteiger partial charge on any atom is 0.413 e. The summed E-state index contributed by atoms with van der Waals surface area (Å²) in [6, 6.07) is 4.06. The highest BCUT2D eigenvalue weighted by molar-refractivity contribution is 5.62. The monoisotopic (exact) mass is 1570 g/mol. The van der Waals surface area contributed by atoms with E-state index in [1.165, 1.54) is 161 Å². The zero-order valence-corrected chi connectivity index (χ0v) is 65.8. The van der Waals surface area contributed by atoms with Crippen LogP contribution in [0.5, 0.6) is 11.5 Å². The minimum Gasteiger partial charge on any atom is -0.496 e. The van der Waals surface area contributed by atoms with Crippen LogP contribution in [-0.4, -0.2) is 124 Å². The molecule has 41 unspecified atom stereocenters. The number of hydrogen-bond donors (Lipinski definition) is 0. The number of rotatable bonds is 2. The summed E-state index contributed by atoms with van der Waals surface area (Å²) >= 11 is 0. The summed E-state index contributed by atoms with van der Waals surface area (Å²) in [5.74, 6) is 21.1. The molecule has 28 bridgehead atoms. The molecule has 41 atom stereocenters. The molecule has 8 saturated carbocycles. The average molecular weight is 1580 g/mol. The Morgan fingerprint density at radius 1 is 0.313 bits per heavy atom. The highest BCUT2D eigenvalue weighted by Crippen LogP contribution is 2.77. The SMILES string of the molecule is C.C1=CC2CC1C1CC3C4C=CC(O4)C3C21.C1=CC2OC1C1=C2C2CCC1O2.C1CC2CC1C1C3CC(C21)C1C2CCC(C2)C31.CC1CC2C=CC1O2.CC1CC2OC1C1=C2C2C=CC1O2.CC1CC2OC1C1=C2C2C=CC1O2.COc1ccc(OC)c2c1C1C=CC2C2C=CC12.FC(F)(F)C1=C(C(F)(F)F)C2C=CC1C1C=CC21. The number of alkyl halides is 6. The lowest BCUT2D eigenvalue weighted by Crippen LogP contribution is -2.47. The molecule has 16 heterocycles. The second-order valence-corrected chi connectivity index (χ2v) is 40.5. The van der Waals surface area contributed by atoms with Crippen molar-refractivity contribution in [2.75, 3.05) is 14.2 Å². The van der Waals surface area contributed by atoms with E-state index in [0.717, 1.165) is 52.9 Å². The normalized spacial score (nSPS) is 52.3. The second-order valence-electron chi connectivity index (χ2n) is 40.5. The molecule has 0 aromatic heterocycles. The molecule has 10 nitrogen and oxygen atoms in total. The molecule has 16 heteroatoms. The number of benzene rings is 1. The van der Waals surface area contributed by atoms with Gasteiger partial charge in [0.15, 0.2) is 0 Å². The van der Waals surface area contributed by atoms with Crippen LogP contribution >= 0.6 is 0 Å². The molecular weight excluding hydrogens is 1460 g/mol. The number of ether oxygens (including phenoxy) is 10. The van der Waals surface area contributed by atoms with E-state index in [1.54, 1.807) is 71.3 Å². The highest BCUT2D eigenvalue weighted by Gasteiger charge is 2.71. The van der Waals surface area contributed by atoms with Gasteiger partial charge in [-0.2, -0.15) is 26.3 Å². The van der Waals surface area contributed by atoms with Crippen molar-refractivity contribution in [2.45, 2.75) is 240 Å². The Morgan fingerprint density at radius 3 is 1.15 bits per heavy atom. The lowest BCUT2D eigenvalue weighted by Gasteiger charge is -2.49. The number of methoxy groups -OCH3 is 2. The van der Waals surface area contributed by atoms with Crippen molar-refractivity contribution in [1.82, 2.24) is 0 Å². The van der Waals surface area contributed by atoms with Gasteiger partial charge in [0.1, 0.15) is 48.1 Å². The smallest absolute Gasteiger partial charge is 0.413 e. The molecule has 34 rings (SSSR count). The van der Waals surface area contributed by atoms with Crippen molar-refractivity contribution in [1.29, 1.82) is 0 Å². The second kappa shape index (κ2) is 26.5. The van der Waals surface area contributed by atoms with Gasteiger partial charge in [-0.15, -0.1) is 0 Å². The van der Waals surface area contributed by atoms with E-state index in [1.807, 2.05) is 12.1 Å². The summed E-state index contributed by atoms with van der Waals surface area (Å²) in [7, 11) is 3.50. The summed E-state index contributed by atoms with van der Waals surface area (Å²) in [6.07, 6.45) is 58.6. The maximum absolute atomic E-state index is 12.9. The van der Waals surface area contributed by atoms with Crippen LogP contribution in [0.1, 0.15) is 141 Å². The van der Waals surface area contributed by atoms with Gasteiger partial charge in [-0.25, -0.2) is 0 Å². The summed E-state index contributed by atoms with van der Waals surface area (Å²) in [6.45, 7) is 6.81. The first-order valence-electron chi connectivity index (χ1n) is 44.8. The van der Waals surface area contributed by atoms with Gasteiger partial charge in [0.2, 0.25) is 0 Å². The van der Waals surface area contributed by atoms with Gasteiger partial charge in [0.05, 0.1) is 75.3 Å². The topological polar surface area (TPSA) is 92.3 Å². The van der Waals surface area contributed by atoms with Crippen molar-refractivity contribution in [3.63, 3.8) is 0 Å². The standard InChI is InChI=1S/C17H24.C16H16O2.C14H16O.C12H8F6.2C11H12O2.C10H10O2.C7H10O.CH4/c1-2-9-5-8(1)14-12-7-13(15(9)14)17-11-4-3-10(6-11)16(12)17;1-17-13-7-8-14(18-2)16-12-6-5-11(15(13)16)9-3-4-10(9)12;1-2-8-5-7(1)9-6-10-11-3-4-12(15-11)14(10)13(8)9;13-11(14,15)9-7-3-4-8(6-2-1-5(6)7)10(9)12(16,17)18;2*1-5-4-8-9-6-2-3-7(12-6)10(9)11(5)13-8;1-2-6-10-8-4-3-7(12-8)9(10)5(1)11-6;1-5-4-6-2-3-7(5)8-6;/h8-17H,1-7H2;3-12H,1-2H3;1-4,7-14H,5-6H2;1-8H;2*2-3,5-8,11H,4H2,1H3;1-2,5-8H,3-4H2;2-3,5-7H,4H2,1H3;1H4. The van der Waals surface area contributed by atoms with Crippen LogP contribution in [0.15, 0.2) is 178 Å². The third-order valence-corrected chi connectivity index (χ3v) is 35.9. The van der Waals surface area contributed by atoms with Crippen LogP contribution in [-0.2, 0) is 37.9 Å². The first-order valence-corrected chi connectivity index (χ1v) is 44.8. The van der Waals surface area contributed by atoms with Crippen LogP contribution in [0.4, 0.5) is 26.3 Å². The number of halogens is 6. The Balaban J connectivity index is 0.0000000762. The van der Waals surface area contributed by atoms with Gasteiger partial charge in [-0.05, 0) is 272 Å². The first kappa shape index (κ1) is 73.4. The molecule has 115 heavy (non-hydrogen) atoms. The lowest BCUT2D eigenvalue weighted by atomic mass is 9.55. The minimum absolute atomic E-state index is 0. The molecular formula is C99H112F6O10. The van der Waals surface area contributed by atoms with Crippen LogP contribution in [0.3, 0.4) is 0 Å². The van der Waals surface area contributed by atoms with Crippen LogP contribution in [0.25, 0.3) is 0 Å². The van der Waals surface area contributed by atoms with Gasteiger partial charge in [-0.3, -0.25) is 0 Å². The van der Waals surface area contributed by atoms with E-state index >= 15 is 0 Å². The Kier molecular flexibility index (Phi) is 16.9. The third-order valence-electron chi connectivity index (χ3n) is 35.9. The van der Waals surface area contributed by atoms with Crippen LogP contribution in [0.2, 0.25) is 0 Å². The van der Waals surface area contributed by atoms with Crippen LogP contribution in [0, 0.1) is 148 Å². The van der Waals surface area contributed by atoms with E-state index in [-0.39, 0.29) is 44.1 Å². The van der Waals surface area contributed by atoms with Crippen molar-refractivity contribution < 1.29 is 73.7 Å². The Morgan fingerprint density at radius 2 is 0.730 bits per heavy atom. The quantitative estimate of drug-likeness (QED) is 0.162. The fraction of sp³-hybridized carbons (Fsp3) is 0.657. The molecule has 17 aliphatic carbocycles. The van der Waals surface area contributed by atoms with Crippen molar-refractivity contribution >= 4 is 0 Å². The zero-order chi connectivity index (χ0) is 76.3. The molecule has 1 aromatic carbocycles. The van der Waals surface area contributed by atoms with Crippen molar-refractivity contribution in [2.24, 2.45) is 148 Å². The molecule has 0 N–H and O–H groups in total. The Bertz CT molecular complexity index is 4360. The lowest BCUT2D eigenvalue weighted by molar-refractivity contribution is -0.133. The highest BCUT2D eigenvalue weighted by atomic mass is 19.4. The average Bonchev–Trinajstić information content (AvgIpc) is 1.25. The summed E-state index contributed by atoms with van der Waals surface area (Å²) in [5, 5.41) is 0. The van der Waals surface area contributed by atoms with E-state index < -0.39 is 47.2 Å².